The Morgan fingerprint density at radius 3 is 2.44 bits per heavy atom. The van der Waals surface area contributed by atoms with E-state index >= 15 is 0 Å². The van der Waals surface area contributed by atoms with Crippen LogP contribution >= 0.6 is 0 Å². The highest BCUT2D eigenvalue weighted by Crippen LogP contribution is 2.39. The van der Waals surface area contributed by atoms with Crippen LogP contribution in [0.5, 0.6) is 0 Å². The summed E-state index contributed by atoms with van der Waals surface area (Å²) in [6.07, 6.45) is 4.74. The highest BCUT2D eigenvalue weighted by molar-refractivity contribution is 6.46. The Hall–Kier alpha value is -3.78. The van der Waals surface area contributed by atoms with Crippen molar-refractivity contribution < 1.29 is 14.7 Å². The predicted molar refractivity (Wildman–Crippen MR) is 120 cm³/mol. The molecule has 1 aromatic carbocycles. The summed E-state index contributed by atoms with van der Waals surface area (Å²) in [5.41, 5.74) is 2.70. The van der Waals surface area contributed by atoms with Crippen LogP contribution in [-0.2, 0) is 9.59 Å². The first kappa shape index (κ1) is 21.5. The number of Topliss-reactive ketones (excluding diaryl/α,β-unsaturated/α-hetero) is 1. The number of para-hydroxylation sites is 1. The number of carbonyl (C=O) groups is 2. The van der Waals surface area contributed by atoms with Crippen LogP contribution in [0.2, 0.25) is 0 Å². The number of carbonyl (C=O) groups excluding carboxylic acids is 2. The molecule has 1 saturated heterocycles. The molecule has 3 heterocycles. The molecule has 2 aromatic heterocycles. The van der Waals surface area contributed by atoms with Crippen molar-refractivity contribution in [2.24, 2.45) is 0 Å². The van der Waals surface area contributed by atoms with E-state index in [1.54, 1.807) is 29.2 Å². The Bertz CT molecular complexity index is 1170. The maximum atomic E-state index is 13.1. The Balaban J connectivity index is 1.83. The standard InChI is InChI=1S/C24H25N5O3/c1-16-19(15-26-29(16)18-7-5-4-6-8-18)22(30)20-21(17-9-11-25-12-10-17)28(14-13-27(2)3)24(32)23(20)31/h4-12,15,21,30H,13-14H2,1-3H3/t21-/m1/s1. The monoisotopic (exact) mass is 431 g/mol. The summed E-state index contributed by atoms with van der Waals surface area (Å²) in [4.78, 5) is 33.5. The zero-order chi connectivity index (χ0) is 22.8. The number of aromatic nitrogens is 3. The number of likely N-dealkylation sites (N-methyl/N-ethyl adjacent to an activating group) is 1. The molecule has 0 aliphatic carbocycles. The largest absolute Gasteiger partial charge is 0.507 e. The van der Waals surface area contributed by atoms with E-state index < -0.39 is 17.7 Å². The molecule has 1 fully saturated rings. The topological polar surface area (TPSA) is 91.6 Å². The first-order valence-corrected chi connectivity index (χ1v) is 10.3. The van der Waals surface area contributed by atoms with Gasteiger partial charge in [0.15, 0.2) is 0 Å². The maximum Gasteiger partial charge on any atom is 0.295 e. The molecular formula is C24H25N5O3. The van der Waals surface area contributed by atoms with Gasteiger partial charge < -0.3 is 14.9 Å². The number of likely N-dealkylation sites (tertiary alicyclic amines) is 1. The van der Waals surface area contributed by atoms with Gasteiger partial charge in [-0.25, -0.2) is 4.68 Å². The lowest BCUT2D eigenvalue weighted by Crippen LogP contribution is -2.35. The third-order valence-electron chi connectivity index (χ3n) is 5.62. The molecule has 0 unspecified atom stereocenters. The number of aliphatic hydroxyl groups excluding tert-OH is 1. The summed E-state index contributed by atoms with van der Waals surface area (Å²) < 4.78 is 1.69. The number of amides is 1. The normalized spacial score (nSPS) is 18.0. The molecule has 3 aromatic rings. The number of nitrogens with zero attached hydrogens (tertiary/aromatic N) is 5. The van der Waals surface area contributed by atoms with Gasteiger partial charge in [-0.3, -0.25) is 14.6 Å². The minimum absolute atomic E-state index is 0.0654. The summed E-state index contributed by atoms with van der Waals surface area (Å²) in [5, 5.41) is 15.7. The smallest absolute Gasteiger partial charge is 0.295 e. The van der Waals surface area contributed by atoms with Crippen molar-refractivity contribution in [1.29, 1.82) is 0 Å². The minimum atomic E-state index is -0.699. The van der Waals surface area contributed by atoms with Crippen LogP contribution in [0.25, 0.3) is 11.4 Å². The van der Waals surface area contributed by atoms with Crippen LogP contribution in [0, 0.1) is 6.92 Å². The lowest BCUT2D eigenvalue weighted by atomic mass is 9.96. The first-order valence-electron chi connectivity index (χ1n) is 10.3. The van der Waals surface area contributed by atoms with E-state index in [1.165, 1.54) is 11.1 Å². The second kappa shape index (κ2) is 8.76. The van der Waals surface area contributed by atoms with Gasteiger partial charge in [0.05, 0.1) is 34.8 Å². The SMILES string of the molecule is Cc1c(C(O)=C2C(=O)C(=O)N(CCN(C)C)[C@@H]2c2ccncc2)cnn1-c1ccccc1. The van der Waals surface area contributed by atoms with Crippen LogP contribution in [0.15, 0.2) is 66.6 Å². The van der Waals surface area contributed by atoms with Gasteiger partial charge in [0.2, 0.25) is 0 Å². The summed E-state index contributed by atoms with van der Waals surface area (Å²) in [6.45, 7) is 2.75. The maximum absolute atomic E-state index is 13.1. The van der Waals surface area contributed by atoms with Gasteiger partial charge >= 0.3 is 0 Å². The van der Waals surface area contributed by atoms with Crippen LogP contribution in [0.3, 0.4) is 0 Å². The number of ketones is 1. The molecule has 0 saturated carbocycles. The lowest BCUT2D eigenvalue weighted by molar-refractivity contribution is -0.140. The fraction of sp³-hybridized carbons (Fsp3) is 0.250. The Morgan fingerprint density at radius 1 is 1.09 bits per heavy atom. The van der Waals surface area contributed by atoms with Gasteiger partial charge in [-0.1, -0.05) is 18.2 Å². The summed E-state index contributed by atoms with van der Waals surface area (Å²) in [5.74, 6) is -1.55. The van der Waals surface area contributed by atoms with Crippen LogP contribution < -0.4 is 0 Å². The summed E-state index contributed by atoms with van der Waals surface area (Å²) in [7, 11) is 3.80. The van der Waals surface area contributed by atoms with Crippen LogP contribution in [0.4, 0.5) is 0 Å². The number of hydrogen-bond acceptors (Lipinski definition) is 6. The molecule has 1 amide bonds. The van der Waals surface area contributed by atoms with E-state index in [0.29, 0.717) is 29.9 Å². The van der Waals surface area contributed by atoms with Gasteiger partial charge in [0, 0.05) is 25.5 Å². The molecule has 0 spiro atoms. The molecule has 0 bridgehead atoms. The van der Waals surface area contributed by atoms with E-state index in [9.17, 15) is 14.7 Å². The van der Waals surface area contributed by atoms with E-state index in [2.05, 4.69) is 10.1 Å². The summed E-state index contributed by atoms with van der Waals surface area (Å²) in [6, 6.07) is 12.3. The number of hydrogen-bond donors (Lipinski definition) is 1. The number of rotatable bonds is 6. The molecule has 4 rings (SSSR count). The Morgan fingerprint density at radius 2 is 1.78 bits per heavy atom. The molecule has 1 N–H and O–H groups in total. The number of benzene rings is 1. The van der Waals surface area contributed by atoms with Gasteiger partial charge in [-0.2, -0.15) is 5.10 Å². The molecule has 1 aliphatic rings. The van der Waals surface area contributed by atoms with Crippen molar-refractivity contribution in [1.82, 2.24) is 24.6 Å². The fourth-order valence-electron chi connectivity index (χ4n) is 3.93. The molecule has 1 atom stereocenters. The van der Waals surface area contributed by atoms with Crippen molar-refractivity contribution in [3.63, 3.8) is 0 Å². The first-order chi connectivity index (χ1) is 15.4. The van der Waals surface area contributed by atoms with E-state index in [-0.39, 0.29) is 11.3 Å². The molecule has 1 aliphatic heterocycles. The molecule has 164 valence electrons. The van der Waals surface area contributed by atoms with E-state index in [1.807, 2.05) is 56.3 Å². The van der Waals surface area contributed by atoms with Gasteiger partial charge in [0.1, 0.15) is 5.76 Å². The minimum Gasteiger partial charge on any atom is -0.507 e. The average Bonchev–Trinajstić information content (AvgIpc) is 3.30. The third-order valence-corrected chi connectivity index (χ3v) is 5.62. The molecule has 0 radical (unpaired) electrons. The van der Waals surface area contributed by atoms with Gasteiger partial charge in [-0.05, 0) is 50.8 Å². The van der Waals surface area contributed by atoms with Gasteiger partial charge in [-0.15, -0.1) is 0 Å². The molecule has 8 nitrogen and oxygen atoms in total. The average molecular weight is 431 g/mol. The summed E-state index contributed by atoms with van der Waals surface area (Å²) >= 11 is 0. The van der Waals surface area contributed by atoms with Crippen LogP contribution in [0.1, 0.15) is 22.9 Å². The van der Waals surface area contributed by atoms with Crippen molar-refractivity contribution in [3.8, 4) is 5.69 Å². The quantitative estimate of drug-likeness (QED) is 0.366. The van der Waals surface area contributed by atoms with E-state index in [0.717, 1.165) is 5.69 Å². The van der Waals surface area contributed by atoms with Crippen LogP contribution in [-0.4, -0.2) is 68.5 Å². The molecule has 32 heavy (non-hydrogen) atoms. The Kier molecular flexibility index (Phi) is 5.87. The lowest BCUT2D eigenvalue weighted by Gasteiger charge is -2.26. The molecular weight excluding hydrogens is 406 g/mol. The zero-order valence-corrected chi connectivity index (χ0v) is 18.3. The number of pyridine rings is 1. The highest BCUT2D eigenvalue weighted by Gasteiger charge is 2.46. The fourth-order valence-corrected chi connectivity index (χ4v) is 3.93. The zero-order valence-electron chi connectivity index (χ0n) is 18.3. The van der Waals surface area contributed by atoms with E-state index in [4.69, 9.17) is 0 Å². The predicted octanol–water partition coefficient (Wildman–Crippen LogP) is 2.56. The highest BCUT2D eigenvalue weighted by atomic mass is 16.3. The van der Waals surface area contributed by atoms with Gasteiger partial charge in [0.25, 0.3) is 11.7 Å². The van der Waals surface area contributed by atoms with Crippen molar-refractivity contribution in [2.45, 2.75) is 13.0 Å². The molecule has 8 heteroatoms. The second-order valence-electron chi connectivity index (χ2n) is 7.97. The van der Waals surface area contributed by atoms with Crippen molar-refractivity contribution >= 4 is 17.4 Å². The van der Waals surface area contributed by atoms with Crippen molar-refractivity contribution in [2.75, 3.05) is 27.2 Å². The second-order valence-corrected chi connectivity index (χ2v) is 7.97. The third kappa shape index (κ3) is 3.80. The Labute approximate surface area is 186 Å². The van der Waals surface area contributed by atoms with Crippen molar-refractivity contribution in [3.05, 3.63) is 83.4 Å². The number of aliphatic hydroxyl groups is 1.